The summed E-state index contributed by atoms with van der Waals surface area (Å²) in [5, 5.41) is 13.8. The molecule has 1 atom stereocenters. The Labute approximate surface area is 159 Å². The van der Waals surface area contributed by atoms with Crippen LogP contribution < -0.4 is 5.32 Å². The maximum absolute atomic E-state index is 13.7. The molecule has 0 aliphatic carbocycles. The van der Waals surface area contributed by atoms with Crippen molar-refractivity contribution in [2.45, 2.75) is 32.6 Å². The molecule has 1 aromatic carbocycles. The molecule has 2 rings (SSSR count). The van der Waals surface area contributed by atoms with Crippen LogP contribution in [0.15, 0.2) is 23.6 Å². The Morgan fingerprint density at radius 2 is 2.11 bits per heavy atom. The van der Waals surface area contributed by atoms with Crippen LogP contribution in [0.4, 0.5) is 19.6 Å². The fourth-order valence-corrected chi connectivity index (χ4v) is 3.20. The SMILES string of the molecule is CCOC(=O)C(CCC(=O)O)CCc1csc(Nc2ccc(F)cc2F)n1. The number of esters is 1. The van der Waals surface area contributed by atoms with E-state index in [9.17, 15) is 18.4 Å². The number of nitrogens with zero attached hydrogens (tertiary/aromatic N) is 1. The van der Waals surface area contributed by atoms with Gasteiger partial charge in [0.05, 0.1) is 23.9 Å². The average Bonchev–Trinajstić information content (AvgIpc) is 3.05. The zero-order valence-corrected chi connectivity index (χ0v) is 15.5. The minimum absolute atomic E-state index is 0.114. The number of carbonyl (C=O) groups is 2. The van der Waals surface area contributed by atoms with Crippen LogP contribution in [-0.2, 0) is 20.7 Å². The third kappa shape index (κ3) is 6.59. The third-order valence-corrected chi connectivity index (χ3v) is 4.61. The standard InChI is InChI=1S/C18H20F2N2O4S/c1-2-26-17(25)11(4-8-16(23)24)3-6-13-10-27-18(21-13)22-15-7-5-12(19)9-14(15)20/h5,7,9-11H,2-4,6,8H2,1H3,(H,21,22)(H,23,24). The minimum atomic E-state index is -0.967. The summed E-state index contributed by atoms with van der Waals surface area (Å²) < 4.78 is 31.6. The molecule has 27 heavy (non-hydrogen) atoms. The lowest BCUT2D eigenvalue weighted by Gasteiger charge is -2.13. The highest BCUT2D eigenvalue weighted by Gasteiger charge is 2.21. The van der Waals surface area contributed by atoms with Crippen LogP contribution in [0, 0.1) is 17.6 Å². The van der Waals surface area contributed by atoms with Gasteiger partial charge in [0.25, 0.3) is 0 Å². The van der Waals surface area contributed by atoms with Crippen LogP contribution in [0.3, 0.4) is 0 Å². The van der Waals surface area contributed by atoms with Gasteiger partial charge in [-0.05, 0) is 38.3 Å². The first-order valence-corrected chi connectivity index (χ1v) is 9.32. The summed E-state index contributed by atoms with van der Waals surface area (Å²) in [6.45, 7) is 1.93. The number of rotatable bonds is 10. The first-order chi connectivity index (χ1) is 12.9. The second kappa shape index (κ2) is 9.96. The van der Waals surface area contributed by atoms with E-state index in [1.807, 2.05) is 0 Å². The number of ether oxygens (including phenoxy) is 1. The number of hydrogen-bond donors (Lipinski definition) is 2. The molecule has 0 bridgehead atoms. The van der Waals surface area contributed by atoms with Crippen molar-refractivity contribution >= 4 is 34.1 Å². The lowest BCUT2D eigenvalue weighted by atomic mass is 9.97. The number of anilines is 2. The van der Waals surface area contributed by atoms with Crippen molar-refractivity contribution in [3.05, 3.63) is 40.9 Å². The van der Waals surface area contributed by atoms with E-state index < -0.39 is 29.5 Å². The van der Waals surface area contributed by atoms with Crippen molar-refractivity contribution in [3.63, 3.8) is 0 Å². The summed E-state index contributed by atoms with van der Waals surface area (Å²) in [6.07, 6.45) is 0.939. The van der Waals surface area contributed by atoms with Gasteiger partial charge in [-0.2, -0.15) is 0 Å². The summed E-state index contributed by atoms with van der Waals surface area (Å²) in [5.74, 6) is -3.28. The molecule has 9 heteroatoms. The summed E-state index contributed by atoms with van der Waals surface area (Å²) >= 11 is 1.25. The highest BCUT2D eigenvalue weighted by molar-refractivity contribution is 7.13. The predicted molar refractivity (Wildman–Crippen MR) is 97.1 cm³/mol. The van der Waals surface area contributed by atoms with E-state index in [0.717, 1.165) is 12.1 Å². The van der Waals surface area contributed by atoms with Gasteiger partial charge in [0.2, 0.25) is 0 Å². The Bertz CT molecular complexity index is 797. The predicted octanol–water partition coefficient (Wildman–Crippen LogP) is 4.14. The number of aliphatic carboxylic acids is 1. The van der Waals surface area contributed by atoms with Gasteiger partial charge in [-0.1, -0.05) is 0 Å². The number of carbonyl (C=O) groups excluding carboxylic acids is 1. The molecule has 1 aromatic heterocycles. The molecule has 2 aromatic rings. The van der Waals surface area contributed by atoms with Crippen LogP contribution in [0.5, 0.6) is 0 Å². The Morgan fingerprint density at radius 1 is 1.33 bits per heavy atom. The van der Waals surface area contributed by atoms with Crippen molar-refractivity contribution in [2.24, 2.45) is 5.92 Å². The number of carboxylic acids is 1. The highest BCUT2D eigenvalue weighted by Crippen LogP contribution is 2.25. The zero-order valence-electron chi connectivity index (χ0n) is 14.7. The Hall–Kier alpha value is -2.55. The smallest absolute Gasteiger partial charge is 0.308 e. The number of halogens is 2. The van der Waals surface area contributed by atoms with Gasteiger partial charge in [-0.3, -0.25) is 9.59 Å². The zero-order chi connectivity index (χ0) is 19.8. The van der Waals surface area contributed by atoms with Gasteiger partial charge in [0.1, 0.15) is 11.6 Å². The molecule has 0 saturated carbocycles. The Kier molecular flexibility index (Phi) is 7.66. The molecule has 0 radical (unpaired) electrons. The van der Waals surface area contributed by atoms with Crippen molar-refractivity contribution in [1.82, 2.24) is 4.98 Å². The maximum atomic E-state index is 13.7. The van der Waals surface area contributed by atoms with Gasteiger partial charge in [0.15, 0.2) is 5.13 Å². The number of nitrogens with one attached hydrogen (secondary N) is 1. The molecule has 0 saturated heterocycles. The summed E-state index contributed by atoms with van der Waals surface area (Å²) in [5.41, 5.74) is 0.804. The fourth-order valence-electron chi connectivity index (χ4n) is 2.45. The first-order valence-electron chi connectivity index (χ1n) is 8.44. The fraction of sp³-hybridized carbons (Fsp3) is 0.389. The average molecular weight is 398 g/mol. The van der Waals surface area contributed by atoms with E-state index in [0.29, 0.717) is 23.7 Å². The molecule has 0 aliphatic rings. The van der Waals surface area contributed by atoms with Crippen LogP contribution >= 0.6 is 11.3 Å². The van der Waals surface area contributed by atoms with E-state index in [2.05, 4.69) is 10.3 Å². The normalized spacial score (nSPS) is 11.8. The number of aromatic nitrogens is 1. The number of thiazole rings is 1. The highest BCUT2D eigenvalue weighted by atomic mass is 32.1. The monoisotopic (exact) mass is 398 g/mol. The second-order valence-corrected chi connectivity index (χ2v) is 6.67. The molecule has 146 valence electrons. The molecular formula is C18H20F2N2O4S. The number of hydrogen-bond acceptors (Lipinski definition) is 6. The van der Waals surface area contributed by atoms with Gasteiger partial charge >= 0.3 is 11.9 Å². The van der Waals surface area contributed by atoms with Crippen LogP contribution in [0.25, 0.3) is 0 Å². The van der Waals surface area contributed by atoms with E-state index in [-0.39, 0.29) is 25.1 Å². The van der Waals surface area contributed by atoms with Gasteiger partial charge in [0, 0.05) is 17.9 Å². The van der Waals surface area contributed by atoms with Crippen LogP contribution in [-0.4, -0.2) is 28.6 Å². The van der Waals surface area contributed by atoms with Crippen molar-refractivity contribution in [1.29, 1.82) is 0 Å². The minimum Gasteiger partial charge on any atom is -0.481 e. The molecule has 1 heterocycles. The van der Waals surface area contributed by atoms with Crippen LogP contribution in [0.2, 0.25) is 0 Å². The van der Waals surface area contributed by atoms with Crippen molar-refractivity contribution < 1.29 is 28.2 Å². The van der Waals surface area contributed by atoms with E-state index in [4.69, 9.17) is 9.84 Å². The number of carboxylic acid groups (broad SMARTS) is 1. The van der Waals surface area contributed by atoms with E-state index in [1.165, 1.54) is 17.4 Å². The van der Waals surface area contributed by atoms with E-state index in [1.54, 1.807) is 12.3 Å². The Morgan fingerprint density at radius 3 is 2.78 bits per heavy atom. The lowest BCUT2D eigenvalue weighted by Crippen LogP contribution is -2.19. The van der Waals surface area contributed by atoms with E-state index >= 15 is 0 Å². The van der Waals surface area contributed by atoms with Gasteiger partial charge in [-0.25, -0.2) is 13.8 Å². The summed E-state index contributed by atoms with van der Waals surface area (Å²) in [6, 6.07) is 3.21. The second-order valence-electron chi connectivity index (χ2n) is 5.81. The summed E-state index contributed by atoms with van der Waals surface area (Å²) in [4.78, 5) is 27.0. The molecule has 0 fully saturated rings. The van der Waals surface area contributed by atoms with Crippen LogP contribution in [0.1, 0.15) is 31.9 Å². The first kappa shape index (κ1) is 20.8. The number of benzene rings is 1. The number of aryl methyl sites for hydroxylation is 1. The molecular weight excluding hydrogens is 378 g/mol. The van der Waals surface area contributed by atoms with Gasteiger partial charge in [-0.15, -0.1) is 11.3 Å². The topological polar surface area (TPSA) is 88.5 Å². The largest absolute Gasteiger partial charge is 0.481 e. The molecule has 0 amide bonds. The maximum Gasteiger partial charge on any atom is 0.308 e. The van der Waals surface area contributed by atoms with Crippen molar-refractivity contribution in [3.8, 4) is 0 Å². The van der Waals surface area contributed by atoms with Gasteiger partial charge < -0.3 is 15.2 Å². The molecule has 2 N–H and O–H groups in total. The molecule has 6 nitrogen and oxygen atoms in total. The Balaban J connectivity index is 1.96. The molecule has 1 unspecified atom stereocenters. The molecule has 0 aliphatic heterocycles. The lowest BCUT2D eigenvalue weighted by molar-refractivity contribution is -0.149. The third-order valence-electron chi connectivity index (χ3n) is 3.80. The summed E-state index contributed by atoms with van der Waals surface area (Å²) in [7, 11) is 0. The van der Waals surface area contributed by atoms with Crippen molar-refractivity contribution in [2.75, 3.05) is 11.9 Å². The quantitative estimate of drug-likeness (QED) is 0.585. The molecule has 0 spiro atoms.